The molecule has 110 valence electrons. The lowest BCUT2D eigenvalue weighted by atomic mass is 9.69. The van der Waals surface area contributed by atoms with E-state index >= 15 is 0 Å². The van der Waals surface area contributed by atoms with Crippen molar-refractivity contribution in [3.05, 3.63) is 0 Å². The van der Waals surface area contributed by atoms with Crippen LogP contribution in [0.2, 0.25) is 0 Å². The molecule has 4 nitrogen and oxygen atoms in total. The van der Waals surface area contributed by atoms with Crippen LogP contribution in [-0.2, 0) is 4.79 Å². The number of likely N-dealkylation sites (tertiary alicyclic amines) is 1. The van der Waals surface area contributed by atoms with Crippen molar-refractivity contribution in [3.8, 4) is 0 Å². The van der Waals surface area contributed by atoms with Crippen molar-refractivity contribution < 1.29 is 15.0 Å². The molecule has 0 aromatic carbocycles. The highest BCUT2D eigenvalue weighted by atomic mass is 16.3. The summed E-state index contributed by atoms with van der Waals surface area (Å²) in [5.74, 6) is 0.922. The summed E-state index contributed by atoms with van der Waals surface area (Å²) in [7, 11) is 0. The topological polar surface area (TPSA) is 60.8 Å². The molecule has 1 amide bonds. The number of rotatable bonds is 1. The highest BCUT2D eigenvalue weighted by Gasteiger charge is 2.38. The highest BCUT2D eigenvalue weighted by molar-refractivity contribution is 5.79. The Morgan fingerprint density at radius 2 is 1.47 bits per heavy atom. The van der Waals surface area contributed by atoms with E-state index in [4.69, 9.17) is 0 Å². The van der Waals surface area contributed by atoms with E-state index < -0.39 is 12.2 Å². The number of aliphatic hydroxyl groups is 2. The fraction of sp³-hybridized carbons (Fsp3) is 0.933. The number of nitrogens with zero attached hydrogens (tertiary/aromatic N) is 1. The summed E-state index contributed by atoms with van der Waals surface area (Å²) < 4.78 is 0. The van der Waals surface area contributed by atoms with Gasteiger partial charge in [0.2, 0.25) is 5.91 Å². The normalized spacial score (nSPS) is 36.6. The Morgan fingerprint density at radius 1 is 1.00 bits per heavy atom. The fourth-order valence-corrected chi connectivity index (χ4v) is 3.41. The Hall–Kier alpha value is -0.610. The van der Waals surface area contributed by atoms with E-state index in [0.29, 0.717) is 24.4 Å². The highest BCUT2D eigenvalue weighted by Crippen LogP contribution is 2.40. The van der Waals surface area contributed by atoms with Crippen molar-refractivity contribution in [1.29, 1.82) is 0 Å². The molecule has 2 aliphatic rings. The second-order valence-electron chi connectivity index (χ2n) is 7.29. The first kappa shape index (κ1) is 14.8. The Bertz CT molecular complexity index is 319. The van der Waals surface area contributed by atoms with Crippen LogP contribution in [0.4, 0.5) is 0 Å². The quantitative estimate of drug-likeness (QED) is 0.756. The van der Waals surface area contributed by atoms with Gasteiger partial charge in [-0.15, -0.1) is 0 Å². The van der Waals surface area contributed by atoms with Crippen molar-refractivity contribution in [2.24, 2.45) is 17.3 Å². The standard InChI is InChI=1S/C15H27NO3/c1-15(2,3)11-6-4-10(5-7-11)14(19)16-8-12(17)13(18)9-16/h10-13,17-18H,4-9H2,1-3H3. The molecule has 0 bridgehead atoms. The second-order valence-corrected chi connectivity index (χ2v) is 7.29. The molecule has 4 heteroatoms. The minimum absolute atomic E-state index is 0.0936. The average Bonchev–Trinajstić information content (AvgIpc) is 2.68. The molecule has 1 aliphatic carbocycles. The van der Waals surface area contributed by atoms with Crippen LogP contribution < -0.4 is 0 Å². The number of amides is 1. The van der Waals surface area contributed by atoms with Crippen LogP contribution >= 0.6 is 0 Å². The third kappa shape index (κ3) is 3.29. The first-order valence-electron chi connectivity index (χ1n) is 7.44. The Labute approximate surface area is 115 Å². The van der Waals surface area contributed by atoms with Gasteiger partial charge in [-0.2, -0.15) is 0 Å². The van der Waals surface area contributed by atoms with Crippen LogP contribution in [0.1, 0.15) is 46.5 Å². The maximum atomic E-state index is 12.4. The summed E-state index contributed by atoms with van der Waals surface area (Å²) >= 11 is 0. The van der Waals surface area contributed by atoms with Gasteiger partial charge in [0.05, 0.1) is 12.2 Å². The van der Waals surface area contributed by atoms with Crippen molar-refractivity contribution in [2.45, 2.75) is 58.7 Å². The van der Waals surface area contributed by atoms with Gasteiger partial charge in [0.1, 0.15) is 0 Å². The van der Waals surface area contributed by atoms with Crippen LogP contribution in [0.3, 0.4) is 0 Å². The molecule has 0 aromatic rings. The molecule has 2 rings (SSSR count). The van der Waals surface area contributed by atoms with Gasteiger partial charge < -0.3 is 15.1 Å². The summed E-state index contributed by atoms with van der Waals surface area (Å²) in [6, 6.07) is 0. The molecular formula is C15H27NO3. The lowest BCUT2D eigenvalue weighted by Crippen LogP contribution is -2.38. The largest absolute Gasteiger partial charge is 0.388 e. The van der Waals surface area contributed by atoms with E-state index in [-0.39, 0.29) is 11.8 Å². The molecule has 1 heterocycles. The first-order chi connectivity index (χ1) is 8.79. The van der Waals surface area contributed by atoms with Gasteiger partial charge in [0.25, 0.3) is 0 Å². The molecular weight excluding hydrogens is 242 g/mol. The summed E-state index contributed by atoms with van der Waals surface area (Å²) in [6.07, 6.45) is 2.58. The van der Waals surface area contributed by atoms with Gasteiger partial charge >= 0.3 is 0 Å². The van der Waals surface area contributed by atoms with Gasteiger partial charge in [0, 0.05) is 19.0 Å². The van der Waals surface area contributed by atoms with Crippen molar-refractivity contribution >= 4 is 5.91 Å². The number of hydrogen-bond donors (Lipinski definition) is 2. The van der Waals surface area contributed by atoms with Crippen LogP contribution in [0, 0.1) is 17.3 Å². The summed E-state index contributed by atoms with van der Waals surface area (Å²) in [4.78, 5) is 14.0. The van der Waals surface area contributed by atoms with Gasteiger partial charge in [-0.3, -0.25) is 4.79 Å². The number of aliphatic hydroxyl groups excluding tert-OH is 2. The summed E-state index contributed by atoms with van der Waals surface area (Å²) in [5.41, 5.74) is 0.327. The summed E-state index contributed by atoms with van der Waals surface area (Å²) in [6.45, 7) is 7.39. The van der Waals surface area contributed by atoms with Crippen LogP contribution in [0.25, 0.3) is 0 Å². The SMILES string of the molecule is CC(C)(C)C1CCC(C(=O)N2CC(O)C(O)C2)CC1. The van der Waals surface area contributed by atoms with Gasteiger partial charge in [0.15, 0.2) is 0 Å². The fourth-order valence-electron chi connectivity index (χ4n) is 3.41. The van der Waals surface area contributed by atoms with Crippen molar-refractivity contribution in [1.82, 2.24) is 4.90 Å². The molecule has 0 aromatic heterocycles. The second kappa shape index (κ2) is 5.41. The lowest BCUT2D eigenvalue weighted by Gasteiger charge is -2.37. The Kier molecular flexibility index (Phi) is 4.21. The predicted octanol–water partition coefficient (Wildman–Crippen LogP) is 1.40. The van der Waals surface area contributed by atoms with Crippen LogP contribution in [0.5, 0.6) is 0 Å². The van der Waals surface area contributed by atoms with E-state index in [1.54, 1.807) is 4.90 Å². The molecule has 19 heavy (non-hydrogen) atoms. The number of carbonyl (C=O) groups excluding carboxylic acids is 1. The predicted molar refractivity (Wildman–Crippen MR) is 73.5 cm³/mol. The molecule has 2 fully saturated rings. The number of carbonyl (C=O) groups is 1. The minimum Gasteiger partial charge on any atom is -0.388 e. The molecule has 0 spiro atoms. The van der Waals surface area contributed by atoms with Crippen LogP contribution in [-0.4, -0.2) is 46.3 Å². The zero-order valence-corrected chi connectivity index (χ0v) is 12.3. The molecule has 1 saturated carbocycles. The number of β-amino-alcohol motifs (C(OH)–C–C–N with tert-alkyl or cyclic N) is 2. The summed E-state index contributed by atoms with van der Waals surface area (Å²) in [5, 5.41) is 19.0. The zero-order valence-electron chi connectivity index (χ0n) is 12.3. The molecule has 2 unspecified atom stereocenters. The van der Waals surface area contributed by atoms with Crippen molar-refractivity contribution in [3.63, 3.8) is 0 Å². The zero-order chi connectivity index (χ0) is 14.2. The molecule has 0 radical (unpaired) electrons. The molecule has 1 aliphatic heterocycles. The average molecular weight is 269 g/mol. The third-order valence-electron chi connectivity index (χ3n) is 4.87. The van der Waals surface area contributed by atoms with E-state index in [9.17, 15) is 15.0 Å². The monoisotopic (exact) mass is 269 g/mol. The van der Waals surface area contributed by atoms with Gasteiger partial charge in [-0.05, 0) is 37.0 Å². The van der Waals surface area contributed by atoms with E-state index in [1.165, 1.54) is 0 Å². The maximum Gasteiger partial charge on any atom is 0.225 e. The smallest absolute Gasteiger partial charge is 0.225 e. The minimum atomic E-state index is -0.769. The van der Waals surface area contributed by atoms with Gasteiger partial charge in [-0.25, -0.2) is 0 Å². The van der Waals surface area contributed by atoms with E-state index in [1.807, 2.05) is 0 Å². The molecule has 2 N–H and O–H groups in total. The van der Waals surface area contributed by atoms with Crippen molar-refractivity contribution in [2.75, 3.05) is 13.1 Å². The maximum absolute atomic E-state index is 12.4. The first-order valence-corrected chi connectivity index (χ1v) is 7.44. The third-order valence-corrected chi connectivity index (χ3v) is 4.87. The molecule has 2 atom stereocenters. The van der Waals surface area contributed by atoms with E-state index in [2.05, 4.69) is 20.8 Å². The Morgan fingerprint density at radius 3 is 1.89 bits per heavy atom. The lowest BCUT2D eigenvalue weighted by molar-refractivity contribution is -0.136. The molecule has 1 saturated heterocycles. The van der Waals surface area contributed by atoms with Gasteiger partial charge in [-0.1, -0.05) is 20.8 Å². The number of hydrogen-bond acceptors (Lipinski definition) is 3. The van der Waals surface area contributed by atoms with Crippen LogP contribution in [0.15, 0.2) is 0 Å². The Balaban J connectivity index is 1.86. The van der Waals surface area contributed by atoms with E-state index in [0.717, 1.165) is 25.7 Å².